The number of carbonyl (C=O) groups is 1. The first-order chi connectivity index (χ1) is 13.6. The number of benzene rings is 2. The second-order valence-corrected chi connectivity index (χ2v) is 7.49. The van der Waals surface area contributed by atoms with Crippen LogP contribution in [-0.2, 0) is 11.3 Å². The van der Waals surface area contributed by atoms with E-state index in [1.165, 1.54) is 11.8 Å². The molecule has 0 bridgehead atoms. The summed E-state index contributed by atoms with van der Waals surface area (Å²) in [6.07, 6.45) is 0. The molecule has 0 radical (unpaired) electrons. The van der Waals surface area contributed by atoms with Crippen molar-refractivity contribution in [3.8, 4) is 5.75 Å². The van der Waals surface area contributed by atoms with E-state index in [0.717, 1.165) is 22.6 Å². The zero-order valence-electron chi connectivity index (χ0n) is 16.1. The molecule has 2 aromatic carbocycles. The summed E-state index contributed by atoms with van der Waals surface area (Å²) in [5.74, 6) is 1.28. The number of aromatic nitrogens is 4. The Hall–Kier alpha value is -2.87. The molecule has 0 unspecified atom stereocenters. The van der Waals surface area contributed by atoms with Crippen LogP contribution in [0.25, 0.3) is 0 Å². The van der Waals surface area contributed by atoms with Crippen LogP contribution in [0.15, 0.2) is 53.7 Å². The summed E-state index contributed by atoms with van der Waals surface area (Å²) in [7, 11) is 1.63. The molecule has 0 aliphatic heterocycles. The van der Waals surface area contributed by atoms with Gasteiger partial charge in [0.05, 0.1) is 19.4 Å². The molecule has 1 heterocycles. The van der Waals surface area contributed by atoms with Gasteiger partial charge in [0.1, 0.15) is 5.75 Å². The molecule has 0 saturated heterocycles. The Bertz CT molecular complexity index is 924. The van der Waals surface area contributed by atoms with Gasteiger partial charge in [-0.2, -0.15) is 0 Å². The van der Waals surface area contributed by atoms with Crippen LogP contribution in [0.5, 0.6) is 5.75 Å². The summed E-state index contributed by atoms with van der Waals surface area (Å²) in [5, 5.41) is 15.4. The minimum Gasteiger partial charge on any atom is -0.497 e. The van der Waals surface area contributed by atoms with Gasteiger partial charge in [0, 0.05) is 5.69 Å². The maximum absolute atomic E-state index is 12.4. The van der Waals surface area contributed by atoms with E-state index in [1.54, 1.807) is 11.8 Å². The van der Waals surface area contributed by atoms with Gasteiger partial charge in [-0.1, -0.05) is 55.9 Å². The van der Waals surface area contributed by atoms with Gasteiger partial charge in [0.25, 0.3) is 0 Å². The molecule has 0 spiro atoms. The molecule has 3 rings (SSSR count). The average molecular weight is 398 g/mol. The topological polar surface area (TPSA) is 81.9 Å². The standard InChI is InChI=1S/C20H23N5O2S/c1-14(2)17-6-4-5-7-18(17)21-19(26)13-28-20-22-23-24-25(20)12-15-8-10-16(27-3)11-9-15/h4-11,14H,12-13H2,1-3H3,(H,21,26). The number of rotatable bonds is 8. The average Bonchev–Trinajstić information content (AvgIpc) is 3.14. The Morgan fingerprint density at radius 3 is 2.64 bits per heavy atom. The number of hydrogen-bond donors (Lipinski definition) is 1. The second-order valence-electron chi connectivity index (χ2n) is 6.55. The van der Waals surface area contributed by atoms with Crippen LogP contribution in [0.3, 0.4) is 0 Å². The van der Waals surface area contributed by atoms with Gasteiger partial charge in [-0.3, -0.25) is 4.79 Å². The summed E-state index contributed by atoms with van der Waals surface area (Å²) in [4.78, 5) is 12.4. The highest BCUT2D eigenvalue weighted by Crippen LogP contribution is 2.24. The lowest BCUT2D eigenvalue weighted by molar-refractivity contribution is -0.113. The predicted molar refractivity (Wildman–Crippen MR) is 110 cm³/mol. The molecule has 7 nitrogen and oxygen atoms in total. The minimum atomic E-state index is -0.0860. The van der Waals surface area contributed by atoms with Gasteiger partial charge in [0.2, 0.25) is 11.1 Å². The van der Waals surface area contributed by atoms with E-state index in [2.05, 4.69) is 34.7 Å². The number of hydrogen-bond acceptors (Lipinski definition) is 6. The summed E-state index contributed by atoms with van der Waals surface area (Å²) < 4.78 is 6.85. The van der Waals surface area contributed by atoms with E-state index in [4.69, 9.17) is 4.74 Å². The third kappa shape index (κ3) is 5.10. The number of anilines is 1. The fourth-order valence-electron chi connectivity index (χ4n) is 2.73. The second kappa shape index (κ2) is 9.36. The Balaban J connectivity index is 1.59. The largest absolute Gasteiger partial charge is 0.497 e. The molecule has 1 amide bonds. The molecular formula is C20H23N5O2S. The fraction of sp³-hybridized carbons (Fsp3) is 0.300. The summed E-state index contributed by atoms with van der Waals surface area (Å²) in [6, 6.07) is 15.6. The molecule has 3 aromatic rings. The lowest BCUT2D eigenvalue weighted by atomic mass is 10.0. The summed E-state index contributed by atoms with van der Waals surface area (Å²) >= 11 is 1.31. The molecule has 0 fully saturated rings. The molecule has 0 atom stereocenters. The van der Waals surface area contributed by atoms with Crippen LogP contribution < -0.4 is 10.1 Å². The maximum atomic E-state index is 12.4. The molecule has 0 aliphatic carbocycles. The molecule has 1 N–H and O–H groups in total. The number of thioether (sulfide) groups is 1. The van der Waals surface area contributed by atoms with Gasteiger partial charge in [0.15, 0.2) is 0 Å². The molecular weight excluding hydrogens is 374 g/mol. The third-order valence-electron chi connectivity index (χ3n) is 4.18. The minimum absolute atomic E-state index is 0.0860. The maximum Gasteiger partial charge on any atom is 0.234 e. The van der Waals surface area contributed by atoms with Gasteiger partial charge < -0.3 is 10.1 Å². The van der Waals surface area contributed by atoms with Crippen LogP contribution in [0.2, 0.25) is 0 Å². The van der Waals surface area contributed by atoms with E-state index in [1.807, 2.05) is 48.5 Å². The van der Waals surface area contributed by atoms with Crippen LogP contribution in [0.4, 0.5) is 5.69 Å². The number of methoxy groups -OCH3 is 1. The monoisotopic (exact) mass is 397 g/mol. The van der Waals surface area contributed by atoms with Crippen molar-refractivity contribution in [1.82, 2.24) is 20.2 Å². The number of nitrogens with one attached hydrogen (secondary N) is 1. The van der Waals surface area contributed by atoms with Gasteiger partial charge in [-0.05, 0) is 45.7 Å². The number of para-hydroxylation sites is 1. The Labute approximate surface area is 168 Å². The molecule has 8 heteroatoms. The van der Waals surface area contributed by atoms with Gasteiger partial charge >= 0.3 is 0 Å². The molecule has 28 heavy (non-hydrogen) atoms. The van der Waals surface area contributed by atoms with E-state index >= 15 is 0 Å². The number of tetrazole rings is 1. The van der Waals surface area contributed by atoms with E-state index in [-0.39, 0.29) is 11.7 Å². The van der Waals surface area contributed by atoms with Crippen molar-refractivity contribution in [2.45, 2.75) is 31.5 Å². The lowest BCUT2D eigenvalue weighted by Gasteiger charge is -2.13. The fourth-order valence-corrected chi connectivity index (χ4v) is 3.41. The van der Waals surface area contributed by atoms with Crippen LogP contribution in [-0.4, -0.2) is 39.0 Å². The van der Waals surface area contributed by atoms with E-state index in [9.17, 15) is 4.79 Å². The third-order valence-corrected chi connectivity index (χ3v) is 5.14. The van der Waals surface area contributed by atoms with E-state index < -0.39 is 0 Å². The highest BCUT2D eigenvalue weighted by Gasteiger charge is 2.13. The van der Waals surface area contributed by atoms with Gasteiger partial charge in [-0.25, -0.2) is 4.68 Å². The Kier molecular flexibility index (Phi) is 6.65. The predicted octanol–water partition coefficient (Wildman–Crippen LogP) is 3.58. The zero-order chi connectivity index (χ0) is 19.9. The number of nitrogens with zero attached hydrogens (tertiary/aromatic N) is 4. The number of carbonyl (C=O) groups excluding carboxylic acids is 1. The normalized spacial score (nSPS) is 10.9. The molecule has 146 valence electrons. The number of ether oxygens (including phenoxy) is 1. The van der Waals surface area contributed by atoms with Crippen molar-refractivity contribution in [1.29, 1.82) is 0 Å². The van der Waals surface area contributed by atoms with Crippen LogP contribution >= 0.6 is 11.8 Å². The van der Waals surface area contributed by atoms with E-state index in [0.29, 0.717) is 17.6 Å². The molecule has 1 aromatic heterocycles. The van der Waals surface area contributed by atoms with Crippen molar-refractivity contribution in [3.05, 3.63) is 59.7 Å². The van der Waals surface area contributed by atoms with Gasteiger partial charge in [-0.15, -0.1) is 5.10 Å². The lowest BCUT2D eigenvalue weighted by Crippen LogP contribution is -2.16. The molecule has 0 aliphatic rings. The Morgan fingerprint density at radius 1 is 1.18 bits per heavy atom. The highest BCUT2D eigenvalue weighted by atomic mass is 32.2. The van der Waals surface area contributed by atoms with Crippen molar-refractivity contribution in [3.63, 3.8) is 0 Å². The van der Waals surface area contributed by atoms with Crippen molar-refractivity contribution in [2.75, 3.05) is 18.2 Å². The van der Waals surface area contributed by atoms with Crippen LogP contribution in [0.1, 0.15) is 30.9 Å². The first-order valence-electron chi connectivity index (χ1n) is 8.97. The van der Waals surface area contributed by atoms with Crippen molar-refractivity contribution < 1.29 is 9.53 Å². The molecule has 0 saturated carbocycles. The van der Waals surface area contributed by atoms with Crippen molar-refractivity contribution in [2.24, 2.45) is 0 Å². The quantitative estimate of drug-likeness (QED) is 0.585. The first-order valence-corrected chi connectivity index (χ1v) is 9.96. The summed E-state index contributed by atoms with van der Waals surface area (Å²) in [5.41, 5.74) is 3.01. The zero-order valence-corrected chi connectivity index (χ0v) is 16.9. The van der Waals surface area contributed by atoms with Crippen LogP contribution in [0, 0.1) is 0 Å². The number of amides is 1. The first kappa shape index (κ1) is 19.9. The SMILES string of the molecule is COc1ccc(Cn2nnnc2SCC(=O)Nc2ccccc2C(C)C)cc1. The smallest absolute Gasteiger partial charge is 0.234 e. The Morgan fingerprint density at radius 2 is 1.93 bits per heavy atom. The highest BCUT2D eigenvalue weighted by molar-refractivity contribution is 7.99. The summed E-state index contributed by atoms with van der Waals surface area (Å²) in [6.45, 7) is 4.73. The van der Waals surface area contributed by atoms with Crippen molar-refractivity contribution >= 4 is 23.4 Å².